The summed E-state index contributed by atoms with van der Waals surface area (Å²) in [6, 6.07) is 11.3. The van der Waals surface area contributed by atoms with Gasteiger partial charge in [0.15, 0.2) is 11.5 Å². The SMILES string of the molecule is CC(CNS(=O)(=O)c1ccc(-c2cnc(N)c(C(=O)Nc3ccccn3)n2)cc1)N(C)C. The molecule has 3 aromatic rings. The van der Waals surface area contributed by atoms with Gasteiger partial charge in [0.25, 0.3) is 5.91 Å². The number of nitrogen functional groups attached to an aromatic ring is 1. The van der Waals surface area contributed by atoms with E-state index in [1.165, 1.54) is 18.3 Å². The van der Waals surface area contributed by atoms with Gasteiger partial charge in [0.1, 0.15) is 5.82 Å². The molecular weight excluding hydrogens is 430 g/mol. The number of nitrogens with two attached hydrogens (primary N) is 1. The number of hydrogen-bond donors (Lipinski definition) is 3. The highest BCUT2D eigenvalue weighted by molar-refractivity contribution is 7.89. The lowest BCUT2D eigenvalue weighted by Gasteiger charge is -2.20. The number of nitrogens with zero attached hydrogens (tertiary/aromatic N) is 4. The van der Waals surface area contributed by atoms with Crippen LogP contribution in [0, 0.1) is 0 Å². The summed E-state index contributed by atoms with van der Waals surface area (Å²) in [6.45, 7) is 2.21. The lowest BCUT2D eigenvalue weighted by molar-refractivity contribution is 0.102. The lowest BCUT2D eigenvalue weighted by Crippen LogP contribution is -2.38. The number of rotatable bonds is 8. The quantitative estimate of drug-likeness (QED) is 0.465. The largest absolute Gasteiger partial charge is 0.382 e. The molecule has 168 valence electrons. The highest BCUT2D eigenvalue weighted by atomic mass is 32.2. The Hall–Kier alpha value is -3.41. The molecule has 1 atom stereocenters. The zero-order valence-electron chi connectivity index (χ0n) is 18.0. The lowest BCUT2D eigenvalue weighted by atomic mass is 10.1. The molecule has 1 amide bonds. The van der Waals surface area contributed by atoms with Crippen molar-refractivity contribution in [1.29, 1.82) is 0 Å². The number of benzene rings is 1. The minimum atomic E-state index is -3.65. The molecule has 1 aromatic carbocycles. The van der Waals surface area contributed by atoms with E-state index in [1.54, 1.807) is 36.5 Å². The second-order valence-corrected chi connectivity index (χ2v) is 9.11. The Balaban J connectivity index is 1.79. The fraction of sp³-hybridized carbons (Fsp3) is 0.238. The summed E-state index contributed by atoms with van der Waals surface area (Å²) in [5.74, 6) is -0.218. The van der Waals surface area contributed by atoms with Gasteiger partial charge in [-0.1, -0.05) is 18.2 Å². The van der Waals surface area contributed by atoms with Crippen LogP contribution in [0.1, 0.15) is 17.4 Å². The molecule has 11 heteroatoms. The number of aromatic nitrogens is 3. The van der Waals surface area contributed by atoms with E-state index in [0.29, 0.717) is 17.1 Å². The monoisotopic (exact) mass is 455 g/mol. The van der Waals surface area contributed by atoms with Crippen molar-refractivity contribution in [2.45, 2.75) is 17.9 Å². The van der Waals surface area contributed by atoms with E-state index in [2.05, 4.69) is 25.0 Å². The molecule has 0 radical (unpaired) electrons. The van der Waals surface area contributed by atoms with Crippen LogP contribution < -0.4 is 15.8 Å². The Bertz CT molecular complexity index is 1180. The van der Waals surface area contributed by atoms with Crippen LogP contribution in [0.5, 0.6) is 0 Å². The van der Waals surface area contributed by atoms with Gasteiger partial charge in [0.05, 0.1) is 16.8 Å². The summed E-state index contributed by atoms with van der Waals surface area (Å²) in [6.07, 6.45) is 2.97. The molecule has 0 aliphatic heterocycles. The first kappa shape index (κ1) is 23.3. The zero-order chi connectivity index (χ0) is 23.3. The summed E-state index contributed by atoms with van der Waals surface area (Å²) in [4.78, 5) is 27.0. The third kappa shape index (κ3) is 5.63. The predicted molar refractivity (Wildman–Crippen MR) is 122 cm³/mol. The van der Waals surface area contributed by atoms with E-state index in [0.717, 1.165) is 0 Å². The number of carbonyl (C=O) groups excluding carboxylic acids is 1. The fourth-order valence-electron chi connectivity index (χ4n) is 2.62. The Morgan fingerprint density at radius 1 is 1.12 bits per heavy atom. The Labute approximate surface area is 187 Å². The molecule has 3 rings (SSSR count). The van der Waals surface area contributed by atoms with Crippen LogP contribution in [-0.2, 0) is 10.0 Å². The van der Waals surface area contributed by atoms with Gasteiger partial charge in [-0.15, -0.1) is 0 Å². The van der Waals surface area contributed by atoms with E-state index in [1.807, 2.05) is 25.9 Å². The number of likely N-dealkylation sites (N-methyl/N-ethyl adjacent to an activating group) is 1. The van der Waals surface area contributed by atoms with Gasteiger partial charge in [0.2, 0.25) is 10.0 Å². The maximum Gasteiger partial charge on any atom is 0.279 e. The van der Waals surface area contributed by atoms with Crippen LogP contribution in [0.2, 0.25) is 0 Å². The first-order chi connectivity index (χ1) is 15.2. The van der Waals surface area contributed by atoms with Crippen LogP contribution in [-0.4, -0.2) is 60.9 Å². The maximum absolute atomic E-state index is 12.6. The van der Waals surface area contributed by atoms with E-state index < -0.39 is 15.9 Å². The van der Waals surface area contributed by atoms with Crippen molar-refractivity contribution in [1.82, 2.24) is 24.6 Å². The van der Waals surface area contributed by atoms with Gasteiger partial charge in [-0.2, -0.15) is 0 Å². The van der Waals surface area contributed by atoms with Gasteiger partial charge in [-0.25, -0.2) is 28.1 Å². The van der Waals surface area contributed by atoms with E-state index >= 15 is 0 Å². The predicted octanol–water partition coefficient (Wildman–Crippen LogP) is 1.60. The molecule has 1 unspecified atom stereocenters. The number of hydrogen-bond acceptors (Lipinski definition) is 8. The van der Waals surface area contributed by atoms with Crippen LogP contribution in [0.3, 0.4) is 0 Å². The normalized spacial score (nSPS) is 12.5. The molecule has 4 N–H and O–H groups in total. The Kier molecular flexibility index (Phi) is 7.13. The van der Waals surface area contributed by atoms with Crippen LogP contribution >= 0.6 is 0 Å². The minimum Gasteiger partial charge on any atom is -0.382 e. The molecule has 2 heterocycles. The zero-order valence-corrected chi connectivity index (χ0v) is 18.8. The second kappa shape index (κ2) is 9.81. The second-order valence-electron chi connectivity index (χ2n) is 7.35. The minimum absolute atomic E-state index is 0.0272. The molecule has 0 aliphatic carbocycles. The highest BCUT2D eigenvalue weighted by Gasteiger charge is 2.18. The fourth-order valence-corrected chi connectivity index (χ4v) is 3.74. The molecule has 0 spiro atoms. The molecule has 2 aromatic heterocycles. The molecule has 0 fully saturated rings. The smallest absolute Gasteiger partial charge is 0.279 e. The highest BCUT2D eigenvalue weighted by Crippen LogP contribution is 2.21. The molecule has 0 saturated heterocycles. The van der Waals surface area contributed by atoms with Crippen LogP contribution in [0.25, 0.3) is 11.3 Å². The molecular formula is C21H25N7O3S. The molecule has 0 saturated carbocycles. The number of carbonyl (C=O) groups is 1. The topological polar surface area (TPSA) is 143 Å². The maximum atomic E-state index is 12.6. The van der Waals surface area contributed by atoms with Crippen molar-refractivity contribution in [2.75, 3.05) is 31.7 Å². The number of nitrogens with one attached hydrogen (secondary N) is 2. The molecule has 0 bridgehead atoms. The molecule has 32 heavy (non-hydrogen) atoms. The van der Waals surface area contributed by atoms with Crippen molar-refractivity contribution in [2.24, 2.45) is 0 Å². The van der Waals surface area contributed by atoms with Gasteiger partial charge in [-0.3, -0.25) is 4.79 Å². The van der Waals surface area contributed by atoms with Gasteiger partial charge in [-0.05, 0) is 45.3 Å². The third-order valence-corrected chi connectivity index (χ3v) is 6.27. The first-order valence-corrected chi connectivity index (χ1v) is 11.3. The number of pyridine rings is 1. The van der Waals surface area contributed by atoms with Crippen molar-refractivity contribution < 1.29 is 13.2 Å². The molecule has 10 nitrogen and oxygen atoms in total. The standard InChI is InChI=1S/C21H25N7O3S/c1-14(28(2)3)12-25-32(30,31)16-9-7-15(8-10-16)17-13-24-20(22)19(26-17)21(29)27-18-6-4-5-11-23-18/h4-11,13-14,25H,12H2,1-3H3,(H2,22,24)(H,23,27,29). The van der Waals surface area contributed by atoms with E-state index in [9.17, 15) is 13.2 Å². The van der Waals surface area contributed by atoms with E-state index in [4.69, 9.17) is 5.73 Å². The average Bonchev–Trinajstić information content (AvgIpc) is 2.78. The van der Waals surface area contributed by atoms with Crippen molar-refractivity contribution in [3.05, 3.63) is 60.6 Å². The van der Waals surface area contributed by atoms with Crippen molar-refractivity contribution >= 4 is 27.6 Å². The average molecular weight is 456 g/mol. The Morgan fingerprint density at radius 2 is 1.84 bits per heavy atom. The van der Waals surface area contributed by atoms with Gasteiger partial charge in [0, 0.05) is 24.3 Å². The Morgan fingerprint density at radius 3 is 2.47 bits per heavy atom. The number of sulfonamides is 1. The summed E-state index contributed by atoms with van der Waals surface area (Å²) < 4.78 is 27.7. The molecule has 0 aliphatic rings. The third-order valence-electron chi connectivity index (χ3n) is 4.83. The summed E-state index contributed by atoms with van der Waals surface area (Å²) in [5, 5.41) is 2.61. The van der Waals surface area contributed by atoms with Crippen LogP contribution in [0.15, 0.2) is 59.8 Å². The van der Waals surface area contributed by atoms with Crippen molar-refractivity contribution in [3.8, 4) is 11.3 Å². The van der Waals surface area contributed by atoms with E-state index in [-0.39, 0.29) is 29.0 Å². The first-order valence-electron chi connectivity index (χ1n) is 9.79. The summed E-state index contributed by atoms with van der Waals surface area (Å²) in [7, 11) is 0.108. The van der Waals surface area contributed by atoms with Crippen LogP contribution in [0.4, 0.5) is 11.6 Å². The number of amides is 1. The summed E-state index contributed by atoms with van der Waals surface area (Å²) in [5.41, 5.74) is 6.75. The summed E-state index contributed by atoms with van der Waals surface area (Å²) >= 11 is 0. The van der Waals surface area contributed by atoms with Gasteiger partial charge < -0.3 is 16.0 Å². The number of anilines is 2. The van der Waals surface area contributed by atoms with Gasteiger partial charge >= 0.3 is 0 Å². The van der Waals surface area contributed by atoms with Crippen molar-refractivity contribution in [3.63, 3.8) is 0 Å².